The van der Waals surface area contributed by atoms with Crippen molar-refractivity contribution in [1.82, 2.24) is 9.78 Å². The third kappa shape index (κ3) is 2.20. The van der Waals surface area contributed by atoms with Gasteiger partial charge in [-0.25, -0.2) is 0 Å². The number of thiophene rings is 1. The number of rotatable bonds is 3. The van der Waals surface area contributed by atoms with Crippen LogP contribution in [0.15, 0.2) is 11.4 Å². The number of aliphatic hydroxyl groups is 1. The van der Waals surface area contributed by atoms with Gasteiger partial charge in [0.05, 0.1) is 5.69 Å². The van der Waals surface area contributed by atoms with Crippen LogP contribution in [0.3, 0.4) is 0 Å². The summed E-state index contributed by atoms with van der Waals surface area (Å²) >= 11 is 7.81. The molecule has 2 aromatic heterocycles. The quantitative estimate of drug-likeness (QED) is 0.934. The Bertz CT molecular complexity index is 559. The number of nitrogens with zero attached hydrogens (tertiary/aromatic N) is 2. The van der Waals surface area contributed by atoms with Gasteiger partial charge in [-0.15, -0.1) is 11.3 Å². The fourth-order valence-corrected chi connectivity index (χ4v) is 3.17. The van der Waals surface area contributed by atoms with Gasteiger partial charge in [0.2, 0.25) is 0 Å². The number of hydrogen-bond donors (Lipinski definition) is 1. The molecule has 2 heterocycles. The molecule has 0 amide bonds. The summed E-state index contributed by atoms with van der Waals surface area (Å²) in [5, 5.41) is 17.5. The average Bonchev–Trinajstić information content (AvgIpc) is 2.84. The fourth-order valence-electron chi connectivity index (χ4n) is 2.01. The van der Waals surface area contributed by atoms with Gasteiger partial charge in [-0.3, -0.25) is 4.68 Å². The lowest BCUT2D eigenvalue weighted by Crippen LogP contribution is -2.03. The second-order valence-electron chi connectivity index (χ2n) is 4.74. The molecule has 0 aliphatic rings. The van der Waals surface area contributed by atoms with E-state index in [0.29, 0.717) is 5.15 Å². The topological polar surface area (TPSA) is 38.1 Å². The first kappa shape index (κ1) is 13.6. The van der Waals surface area contributed by atoms with Crippen LogP contribution < -0.4 is 0 Å². The molecule has 5 heteroatoms. The largest absolute Gasteiger partial charge is 0.383 e. The second kappa shape index (κ2) is 5.03. The van der Waals surface area contributed by atoms with E-state index in [1.807, 2.05) is 18.4 Å². The molecule has 0 radical (unpaired) electrons. The fraction of sp³-hybridized carbons (Fsp3) is 0.462. The lowest BCUT2D eigenvalue weighted by atomic mass is 10.0. The third-order valence-electron chi connectivity index (χ3n) is 3.01. The summed E-state index contributed by atoms with van der Waals surface area (Å²) in [6.07, 6.45) is -0.691. The zero-order valence-corrected chi connectivity index (χ0v) is 12.5. The summed E-state index contributed by atoms with van der Waals surface area (Å²) in [7, 11) is 1.80. The highest BCUT2D eigenvalue weighted by Gasteiger charge is 2.26. The van der Waals surface area contributed by atoms with Gasteiger partial charge >= 0.3 is 0 Å². The van der Waals surface area contributed by atoms with Gasteiger partial charge in [-0.2, -0.15) is 5.10 Å². The van der Waals surface area contributed by atoms with Crippen molar-refractivity contribution < 1.29 is 5.11 Å². The Morgan fingerprint density at radius 2 is 2.11 bits per heavy atom. The molecule has 2 aromatic rings. The summed E-state index contributed by atoms with van der Waals surface area (Å²) in [5.74, 6) is 0.230. The minimum absolute atomic E-state index is 0.230. The molecule has 2 rings (SSSR count). The summed E-state index contributed by atoms with van der Waals surface area (Å²) < 4.78 is 1.62. The van der Waals surface area contributed by atoms with E-state index in [1.165, 1.54) is 0 Å². The Morgan fingerprint density at radius 1 is 1.44 bits per heavy atom. The molecule has 0 bridgehead atoms. The van der Waals surface area contributed by atoms with Crippen molar-refractivity contribution in [2.45, 2.75) is 32.8 Å². The molecule has 0 fully saturated rings. The maximum absolute atomic E-state index is 10.6. The summed E-state index contributed by atoms with van der Waals surface area (Å²) in [5.41, 5.74) is 2.68. The zero-order chi connectivity index (χ0) is 13.4. The predicted octanol–water partition coefficient (Wildman–Crippen LogP) is 3.65. The number of aromatic nitrogens is 2. The van der Waals surface area contributed by atoms with Gasteiger partial charge < -0.3 is 5.11 Å². The minimum atomic E-state index is -0.691. The lowest BCUT2D eigenvalue weighted by Gasteiger charge is -2.12. The summed E-state index contributed by atoms with van der Waals surface area (Å²) in [6.45, 7) is 6.10. The van der Waals surface area contributed by atoms with Crippen LogP contribution in [0.4, 0.5) is 0 Å². The maximum atomic E-state index is 10.6. The molecule has 0 saturated heterocycles. The van der Waals surface area contributed by atoms with Crippen molar-refractivity contribution in [1.29, 1.82) is 0 Å². The monoisotopic (exact) mass is 284 g/mol. The van der Waals surface area contributed by atoms with Crippen molar-refractivity contribution in [3.63, 3.8) is 0 Å². The molecular weight excluding hydrogens is 268 g/mol. The summed E-state index contributed by atoms with van der Waals surface area (Å²) in [4.78, 5) is 0.937. The number of aliphatic hydroxyl groups excluding tert-OH is 1. The van der Waals surface area contributed by atoms with E-state index in [2.05, 4.69) is 18.9 Å². The Kier molecular flexibility index (Phi) is 3.80. The van der Waals surface area contributed by atoms with Crippen LogP contribution in [0.1, 0.15) is 47.6 Å². The van der Waals surface area contributed by atoms with Crippen LogP contribution in [-0.4, -0.2) is 14.9 Å². The Morgan fingerprint density at radius 3 is 2.61 bits per heavy atom. The van der Waals surface area contributed by atoms with Crippen LogP contribution >= 0.6 is 22.9 Å². The first-order valence-electron chi connectivity index (χ1n) is 5.87. The van der Waals surface area contributed by atoms with Crippen molar-refractivity contribution >= 4 is 22.9 Å². The smallest absolute Gasteiger partial charge is 0.133 e. The zero-order valence-electron chi connectivity index (χ0n) is 10.9. The second-order valence-corrected chi connectivity index (χ2v) is 6.04. The summed E-state index contributed by atoms with van der Waals surface area (Å²) in [6, 6.07) is 2.00. The minimum Gasteiger partial charge on any atom is -0.383 e. The van der Waals surface area contributed by atoms with Gasteiger partial charge in [0.15, 0.2) is 0 Å². The lowest BCUT2D eigenvalue weighted by molar-refractivity contribution is 0.222. The SMILES string of the molecule is Cc1ccsc1C(O)c1c(C(C)C)nn(C)c1Cl. The third-order valence-corrected chi connectivity index (χ3v) is 4.53. The van der Waals surface area contributed by atoms with Crippen molar-refractivity contribution in [2.75, 3.05) is 0 Å². The molecule has 0 saturated carbocycles. The Labute approximate surface area is 116 Å². The van der Waals surface area contributed by atoms with Crippen LogP contribution in [-0.2, 0) is 7.05 Å². The van der Waals surface area contributed by atoms with Crippen LogP contribution in [0, 0.1) is 6.92 Å². The highest BCUT2D eigenvalue weighted by atomic mass is 35.5. The molecule has 0 aromatic carbocycles. The van der Waals surface area contributed by atoms with Crippen molar-refractivity contribution in [3.05, 3.63) is 38.3 Å². The maximum Gasteiger partial charge on any atom is 0.133 e. The Hall–Kier alpha value is -0.840. The molecule has 18 heavy (non-hydrogen) atoms. The first-order valence-corrected chi connectivity index (χ1v) is 7.13. The van der Waals surface area contributed by atoms with E-state index < -0.39 is 6.10 Å². The van der Waals surface area contributed by atoms with Gasteiger partial charge in [-0.1, -0.05) is 25.4 Å². The molecule has 1 N–H and O–H groups in total. The Balaban J connectivity index is 2.54. The van der Waals surface area contributed by atoms with E-state index in [-0.39, 0.29) is 5.92 Å². The van der Waals surface area contributed by atoms with Crippen LogP contribution in [0.5, 0.6) is 0 Å². The van der Waals surface area contributed by atoms with Gasteiger partial charge in [-0.05, 0) is 29.9 Å². The normalized spacial score (nSPS) is 13.3. The van der Waals surface area contributed by atoms with Gasteiger partial charge in [0.1, 0.15) is 11.3 Å². The molecule has 3 nitrogen and oxygen atoms in total. The van der Waals surface area contributed by atoms with Crippen molar-refractivity contribution in [3.8, 4) is 0 Å². The molecular formula is C13H17ClN2OS. The van der Waals surface area contributed by atoms with E-state index in [9.17, 15) is 5.11 Å². The standard InChI is InChI=1S/C13H17ClN2OS/c1-7(2)10-9(13(14)16(4)15-10)11(17)12-8(3)5-6-18-12/h5-7,11,17H,1-4H3. The van der Waals surface area contributed by atoms with Gasteiger partial charge in [0.25, 0.3) is 0 Å². The number of halogens is 1. The van der Waals surface area contributed by atoms with Gasteiger partial charge in [0, 0.05) is 17.5 Å². The molecule has 1 unspecified atom stereocenters. The van der Waals surface area contributed by atoms with E-state index >= 15 is 0 Å². The van der Waals surface area contributed by atoms with Crippen molar-refractivity contribution in [2.24, 2.45) is 7.05 Å². The first-order chi connectivity index (χ1) is 8.43. The highest BCUT2D eigenvalue weighted by Crippen LogP contribution is 2.37. The molecule has 0 aliphatic heterocycles. The van der Waals surface area contributed by atoms with Crippen LogP contribution in [0.2, 0.25) is 5.15 Å². The molecule has 0 spiro atoms. The van der Waals surface area contributed by atoms with E-state index in [1.54, 1.807) is 23.1 Å². The molecule has 98 valence electrons. The van der Waals surface area contributed by atoms with E-state index in [0.717, 1.165) is 21.7 Å². The molecule has 1 atom stereocenters. The average molecular weight is 285 g/mol. The van der Waals surface area contributed by atoms with Crippen LogP contribution in [0.25, 0.3) is 0 Å². The predicted molar refractivity (Wildman–Crippen MR) is 75.4 cm³/mol. The highest BCUT2D eigenvalue weighted by molar-refractivity contribution is 7.10. The number of hydrogen-bond acceptors (Lipinski definition) is 3. The number of aryl methyl sites for hydroxylation is 2. The van der Waals surface area contributed by atoms with E-state index in [4.69, 9.17) is 11.6 Å². The molecule has 0 aliphatic carbocycles.